The van der Waals surface area contributed by atoms with Crippen LogP contribution >= 0.6 is 12.2 Å². The molecule has 2 nitrogen and oxygen atoms in total. The predicted octanol–water partition coefficient (Wildman–Crippen LogP) is 1.27. The first-order chi connectivity index (χ1) is 5.75. The molecule has 2 fully saturated rings. The molecule has 68 valence electrons. The highest BCUT2D eigenvalue weighted by Crippen LogP contribution is 2.36. The van der Waals surface area contributed by atoms with Gasteiger partial charge in [-0.3, -0.25) is 0 Å². The maximum atomic E-state index is 5.13. The van der Waals surface area contributed by atoms with Gasteiger partial charge in [0.2, 0.25) is 0 Å². The van der Waals surface area contributed by atoms with Crippen LogP contribution in [0.15, 0.2) is 0 Å². The molecule has 3 heteroatoms. The third kappa shape index (κ3) is 2.34. The van der Waals surface area contributed by atoms with Crippen molar-refractivity contribution in [3.8, 4) is 0 Å². The maximum absolute atomic E-state index is 5.13. The SMILES string of the molecule is CC1CC1CNC(=S)NC1CC1. The van der Waals surface area contributed by atoms with Gasteiger partial charge in [0.25, 0.3) is 0 Å². The maximum Gasteiger partial charge on any atom is 0.166 e. The third-order valence-electron chi connectivity index (χ3n) is 2.71. The number of rotatable bonds is 3. The van der Waals surface area contributed by atoms with Gasteiger partial charge in [-0.05, 0) is 43.3 Å². The van der Waals surface area contributed by atoms with E-state index in [9.17, 15) is 0 Å². The second-order valence-corrected chi connectivity index (χ2v) is 4.51. The summed E-state index contributed by atoms with van der Waals surface area (Å²) in [6, 6.07) is 0.682. The normalized spacial score (nSPS) is 32.8. The Labute approximate surface area is 79.1 Å². The van der Waals surface area contributed by atoms with Gasteiger partial charge in [0.15, 0.2) is 5.11 Å². The number of thiocarbonyl (C=S) groups is 1. The van der Waals surface area contributed by atoms with Gasteiger partial charge >= 0.3 is 0 Å². The van der Waals surface area contributed by atoms with Crippen LogP contribution in [-0.2, 0) is 0 Å². The van der Waals surface area contributed by atoms with Gasteiger partial charge in [0, 0.05) is 12.6 Å². The van der Waals surface area contributed by atoms with Crippen LogP contribution < -0.4 is 10.6 Å². The van der Waals surface area contributed by atoms with Crippen LogP contribution in [0.1, 0.15) is 26.2 Å². The zero-order valence-corrected chi connectivity index (χ0v) is 8.29. The van der Waals surface area contributed by atoms with Gasteiger partial charge in [-0.1, -0.05) is 6.92 Å². The molecule has 0 heterocycles. The van der Waals surface area contributed by atoms with Crippen LogP contribution in [0.2, 0.25) is 0 Å². The van der Waals surface area contributed by atoms with E-state index in [0.717, 1.165) is 23.5 Å². The minimum Gasteiger partial charge on any atom is -0.362 e. The molecule has 2 saturated carbocycles. The predicted molar refractivity (Wildman–Crippen MR) is 54.0 cm³/mol. The standard InChI is InChI=1S/C9H16N2S/c1-6-4-7(6)5-10-9(12)11-8-2-3-8/h6-8H,2-5H2,1H3,(H2,10,11,12). The average Bonchev–Trinajstić information content (AvgIpc) is 2.86. The average molecular weight is 184 g/mol. The molecular formula is C9H16N2S. The van der Waals surface area contributed by atoms with Crippen molar-refractivity contribution in [2.75, 3.05) is 6.54 Å². The Morgan fingerprint density at radius 2 is 2.17 bits per heavy atom. The highest BCUT2D eigenvalue weighted by Gasteiger charge is 2.32. The molecule has 2 atom stereocenters. The topological polar surface area (TPSA) is 24.1 Å². The second-order valence-electron chi connectivity index (χ2n) is 4.10. The number of hydrogen-bond donors (Lipinski definition) is 2. The Morgan fingerprint density at radius 1 is 1.50 bits per heavy atom. The van der Waals surface area contributed by atoms with Crippen molar-refractivity contribution >= 4 is 17.3 Å². The van der Waals surface area contributed by atoms with Crippen LogP contribution in [0.3, 0.4) is 0 Å². The molecule has 2 aliphatic carbocycles. The van der Waals surface area contributed by atoms with E-state index in [1.165, 1.54) is 19.3 Å². The summed E-state index contributed by atoms with van der Waals surface area (Å²) in [5, 5.41) is 7.40. The van der Waals surface area contributed by atoms with Crippen molar-refractivity contribution in [1.82, 2.24) is 10.6 Å². The molecule has 0 aromatic carbocycles. The number of hydrogen-bond acceptors (Lipinski definition) is 1. The summed E-state index contributed by atoms with van der Waals surface area (Å²) >= 11 is 5.13. The summed E-state index contributed by atoms with van der Waals surface area (Å²) in [5.41, 5.74) is 0. The zero-order chi connectivity index (χ0) is 8.55. The lowest BCUT2D eigenvalue weighted by molar-refractivity contribution is 0.700. The summed E-state index contributed by atoms with van der Waals surface area (Å²) in [4.78, 5) is 0. The molecule has 0 aromatic heterocycles. The molecule has 0 spiro atoms. The van der Waals surface area contributed by atoms with Crippen LogP contribution in [-0.4, -0.2) is 17.7 Å². The fraction of sp³-hybridized carbons (Fsp3) is 0.889. The highest BCUT2D eigenvalue weighted by atomic mass is 32.1. The van der Waals surface area contributed by atoms with Crippen molar-refractivity contribution in [3.05, 3.63) is 0 Å². The summed E-state index contributed by atoms with van der Waals surface area (Å²) in [5.74, 6) is 1.80. The Hall–Kier alpha value is -0.310. The summed E-state index contributed by atoms with van der Waals surface area (Å²) < 4.78 is 0. The van der Waals surface area contributed by atoms with Crippen molar-refractivity contribution in [1.29, 1.82) is 0 Å². The van der Waals surface area contributed by atoms with E-state index >= 15 is 0 Å². The summed E-state index contributed by atoms with van der Waals surface area (Å²) in [6.45, 7) is 3.36. The van der Waals surface area contributed by atoms with E-state index in [1.54, 1.807) is 0 Å². The monoisotopic (exact) mass is 184 g/mol. The molecule has 0 bridgehead atoms. The zero-order valence-electron chi connectivity index (χ0n) is 7.47. The first-order valence-electron chi connectivity index (χ1n) is 4.80. The molecule has 0 aromatic rings. The van der Waals surface area contributed by atoms with Gasteiger partial charge in [-0.15, -0.1) is 0 Å². The molecular weight excluding hydrogens is 168 g/mol. The lowest BCUT2D eigenvalue weighted by Gasteiger charge is -2.08. The van der Waals surface area contributed by atoms with Crippen LogP contribution in [0.25, 0.3) is 0 Å². The fourth-order valence-electron chi connectivity index (χ4n) is 1.37. The molecule has 2 N–H and O–H groups in total. The van der Waals surface area contributed by atoms with Gasteiger partial charge in [0.05, 0.1) is 0 Å². The van der Waals surface area contributed by atoms with E-state index < -0.39 is 0 Å². The van der Waals surface area contributed by atoms with E-state index in [2.05, 4.69) is 17.6 Å². The molecule has 12 heavy (non-hydrogen) atoms. The Kier molecular flexibility index (Phi) is 2.22. The Morgan fingerprint density at radius 3 is 2.67 bits per heavy atom. The minimum absolute atomic E-state index is 0.682. The fourth-order valence-corrected chi connectivity index (χ4v) is 1.62. The molecule has 0 saturated heterocycles. The van der Waals surface area contributed by atoms with Crippen molar-refractivity contribution in [2.45, 2.75) is 32.2 Å². The Balaban J connectivity index is 1.56. The van der Waals surface area contributed by atoms with Crippen LogP contribution in [0.4, 0.5) is 0 Å². The first kappa shape index (κ1) is 8.30. The van der Waals surface area contributed by atoms with Crippen molar-refractivity contribution in [2.24, 2.45) is 11.8 Å². The second kappa shape index (κ2) is 3.21. The molecule has 0 aliphatic heterocycles. The van der Waals surface area contributed by atoms with Crippen molar-refractivity contribution < 1.29 is 0 Å². The molecule has 0 amide bonds. The van der Waals surface area contributed by atoms with Crippen LogP contribution in [0.5, 0.6) is 0 Å². The smallest absolute Gasteiger partial charge is 0.166 e. The van der Waals surface area contributed by atoms with Gasteiger partial charge < -0.3 is 10.6 Å². The molecule has 2 rings (SSSR count). The summed E-state index contributed by atoms with van der Waals surface area (Å²) in [7, 11) is 0. The first-order valence-corrected chi connectivity index (χ1v) is 5.21. The largest absolute Gasteiger partial charge is 0.362 e. The van der Waals surface area contributed by atoms with E-state index in [-0.39, 0.29) is 0 Å². The quantitative estimate of drug-likeness (QED) is 0.646. The Bertz CT molecular complexity index is 189. The minimum atomic E-state index is 0.682. The van der Waals surface area contributed by atoms with Gasteiger partial charge in [0.1, 0.15) is 0 Å². The van der Waals surface area contributed by atoms with Crippen molar-refractivity contribution in [3.63, 3.8) is 0 Å². The van der Waals surface area contributed by atoms with Gasteiger partial charge in [-0.2, -0.15) is 0 Å². The third-order valence-corrected chi connectivity index (χ3v) is 2.98. The van der Waals surface area contributed by atoms with E-state index in [4.69, 9.17) is 12.2 Å². The summed E-state index contributed by atoms with van der Waals surface area (Å²) in [6.07, 6.45) is 3.96. The van der Waals surface area contributed by atoms with Crippen LogP contribution in [0, 0.1) is 11.8 Å². The number of nitrogens with one attached hydrogen (secondary N) is 2. The van der Waals surface area contributed by atoms with Gasteiger partial charge in [-0.25, -0.2) is 0 Å². The molecule has 2 unspecified atom stereocenters. The van der Waals surface area contributed by atoms with E-state index in [1.807, 2.05) is 0 Å². The van der Waals surface area contributed by atoms with E-state index in [0.29, 0.717) is 6.04 Å². The lowest BCUT2D eigenvalue weighted by Crippen LogP contribution is -2.37. The molecule has 0 radical (unpaired) electrons. The molecule has 2 aliphatic rings. The highest BCUT2D eigenvalue weighted by molar-refractivity contribution is 7.80. The lowest BCUT2D eigenvalue weighted by atomic mass is 10.3.